The molecule has 6 nitrogen and oxygen atoms in total. The van der Waals surface area contributed by atoms with Gasteiger partial charge in [-0.25, -0.2) is 0 Å². The molecule has 3 atom stereocenters. The van der Waals surface area contributed by atoms with Crippen LogP contribution in [0.2, 0.25) is 0 Å². The van der Waals surface area contributed by atoms with Crippen molar-refractivity contribution >= 4 is 22.5 Å². The van der Waals surface area contributed by atoms with Gasteiger partial charge in [0, 0.05) is 29.3 Å². The molecule has 0 aliphatic heterocycles. The van der Waals surface area contributed by atoms with Gasteiger partial charge in [0.25, 0.3) is 5.91 Å². The topological polar surface area (TPSA) is 105 Å². The molecule has 1 amide bonds. The fourth-order valence-corrected chi connectivity index (χ4v) is 4.73. The van der Waals surface area contributed by atoms with Crippen LogP contribution in [-0.4, -0.2) is 15.9 Å². The number of alkyl halides is 3. The molecule has 0 radical (unpaired) electrons. The maximum atomic E-state index is 13.3. The molecule has 1 fully saturated rings. The third kappa shape index (κ3) is 4.21. The van der Waals surface area contributed by atoms with E-state index in [9.17, 15) is 23.2 Å². The summed E-state index contributed by atoms with van der Waals surface area (Å²) in [5.41, 5.74) is 4.86. The zero-order valence-electron chi connectivity index (χ0n) is 17.9. The van der Waals surface area contributed by atoms with Crippen molar-refractivity contribution in [2.75, 3.05) is 5.73 Å². The molecule has 2 heterocycles. The van der Waals surface area contributed by atoms with E-state index in [0.717, 1.165) is 23.4 Å². The highest BCUT2D eigenvalue weighted by molar-refractivity contribution is 5.98. The van der Waals surface area contributed by atoms with Gasteiger partial charge >= 0.3 is 6.18 Å². The standard InChI is InChI=1S/C24H22F3N5O/c1-23(18-6-2-4-16(18)12-28,21-19(29)11-17(13-31-21)24(25,26)27)32-22(33)15-7-8-20-14(10-15)5-3-9-30-20/h3,5,7-11,13,16,18H,2,4,6,29H2,1H3,(H,32,33). The summed E-state index contributed by atoms with van der Waals surface area (Å²) >= 11 is 0. The van der Waals surface area contributed by atoms with Crippen LogP contribution in [0, 0.1) is 23.2 Å². The number of pyridine rings is 2. The van der Waals surface area contributed by atoms with Crippen LogP contribution in [0.3, 0.4) is 0 Å². The predicted molar refractivity (Wildman–Crippen MR) is 117 cm³/mol. The molecule has 2 aromatic heterocycles. The fraction of sp³-hybridized carbons (Fsp3) is 0.333. The number of nitrogens with two attached hydrogens (primary N) is 1. The van der Waals surface area contributed by atoms with Gasteiger partial charge in [-0.3, -0.25) is 14.8 Å². The van der Waals surface area contributed by atoms with E-state index in [1.54, 1.807) is 37.4 Å². The highest BCUT2D eigenvalue weighted by Gasteiger charge is 2.47. The molecule has 0 saturated heterocycles. The normalized spacial score (nSPS) is 20.2. The lowest BCUT2D eigenvalue weighted by Crippen LogP contribution is -2.51. The first-order valence-corrected chi connectivity index (χ1v) is 10.5. The minimum atomic E-state index is -4.60. The highest BCUT2D eigenvalue weighted by atomic mass is 19.4. The first kappa shape index (κ1) is 22.5. The number of nitriles is 1. The van der Waals surface area contributed by atoms with Crippen LogP contribution in [0.5, 0.6) is 0 Å². The van der Waals surface area contributed by atoms with Gasteiger partial charge in [-0.1, -0.05) is 12.5 Å². The van der Waals surface area contributed by atoms with Gasteiger partial charge in [-0.2, -0.15) is 18.4 Å². The Morgan fingerprint density at radius 1 is 1.21 bits per heavy atom. The van der Waals surface area contributed by atoms with Crippen molar-refractivity contribution in [3.05, 3.63) is 65.6 Å². The van der Waals surface area contributed by atoms with Crippen molar-refractivity contribution in [2.24, 2.45) is 11.8 Å². The molecule has 33 heavy (non-hydrogen) atoms. The van der Waals surface area contributed by atoms with Crippen LogP contribution in [0.15, 0.2) is 48.8 Å². The van der Waals surface area contributed by atoms with Crippen LogP contribution in [0.1, 0.15) is 47.8 Å². The Morgan fingerprint density at radius 3 is 2.70 bits per heavy atom. The van der Waals surface area contributed by atoms with Crippen LogP contribution in [0.4, 0.5) is 18.9 Å². The first-order valence-electron chi connectivity index (χ1n) is 10.5. The number of nitrogens with zero attached hydrogens (tertiary/aromatic N) is 3. The van der Waals surface area contributed by atoms with E-state index >= 15 is 0 Å². The molecule has 1 aliphatic rings. The maximum absolute atomic E-state index is 13.3. The summed E-state index contributed by atoms with van der Waals surface area (Å²) in [6.45, 7) is 1.68. The Kier molecular flexibility index (Phi) is 5.70. The van der Waals surface area contributed by atoms with E-state index in [0.29, 0.717) is 24.6 Å². The third-order valence-corrected chi connectivity index (χ3v) is 6.40. The smallest absolute Gasteiger partial charge is 0.397 e. The molecule has 3 unspecified atom stereocenters. The number of carbonyl (C=O) groups is 1. The second-order valence-electron chi connectivity index (χ2n) is 8.50. The number of hydrogen-bond acceptors (Lipinski definition) is 5. The molecule has 4 rings (SSSR count). The minimum Gasteiger partial charge on any atom is -0.397 e. The number of nitrogen functional groups attached to an aromatic ring is 1. The average Bonchev–Trinajstić information content (AvgIpc) is 3.27. The molecule has 0 bridgehead atoms. The molecular weight excluding hydrogens is 431 g/mol. The van der Waals surface area contributed by atoms with Crippen LogP contribution in [-0.2, 0) is 11.7 Å². The summed E-state index contributed by atoms with van der Waals surface area (Å²) in [4.78, 5) is 21.6. The second kappa shape index (κ2) is 8.35. The fourth-order valence-electron chi connectivity index (χ4n) is 4.73. The van der Waals surface area contributed by atoms with Gasteiger partial charge in [0.15, 0.2) is 0 Å². The highest BCUT2D eigenvalue weighted by Crippen LogP contribution is 2.45. The van der Waals surface area contributed by atoms with Gasteiger partial charge in [-0.15, -0.1) is 0 Å². The van der Waals surface area contributed by atoms with E-state index in [-0.39, 0.29) is 23.2 Å². The van der Waals surface area contributed by atoms with Gasteiger partial charge in [0.05, 0.1) is 40.0 Å². The maximum Gasteiger partial charge on any atom is 0.417 e. The van der Waals surface area contributed by atoms with Crippen molar-refractivity contribution in [1.82, 2.24) is 15.3 Å². The Labute approximate surface area is 188 Å². The minimum absolute atomic E-state index is 0.124. The molecule has 3 aromatic rings. The predicted octanol–water partition coefficient (Wildman–Crippen LogP) is 4.82. The summed E-state index contributed by atoms with van der Waals surface area (Å²) in [5, 5.41) is 13.4. The summed E-state index contributed by atoms with van der Waals surface area (Å²) in [6.07, 6.45) is -0.223. The number of carbonyl (C=O) groups excluding carboxylic acids is 1. The van der Waals surface area contributed by atoms with Crippen molar-refractivity contribution < 1.29 is 18.0 Å². The van der Waals surface area contributed by atoms with Gasteiger partial charge in [0.1, 0.15) is 0 Å². The van der Waals surface area contributed by atoms with Crippen LogP contribution >= 0.6 is 0 Å². The van der Waals surface area contributed by atoms with E-state index in [4.69, 9.17) is 5.73 Å². The van der Waals surface area contributed by atoms with Crippen molar-refractivity contribution in [1.29, 1.82) is 5.26 Å². The summed E-state index contributed by atoms with van der Waals surface area (Å²) in [5.74, 6) is -1.19. The zero-order valence-corrected chi connectivity index (χ0v) is 17.9. The molecule has 1 saturated carbocycles. The monoisotopic (exact) mass is 453 g/mol. The number of fused-ring (bicyclic) bond motifs is 1. The number of amides is 1. The van der Waals surface area contributed by atoms with E-state index in [1.807, 2.05) is 6.07 Å². The Bertz CT molecular complexity index is 1250. The third-order valence-electron chi connectivity index (χ3n) is 6.40. The molecular formula is C24H22F3N5O. The number of benzene rings is 1. The molecule has 170 valence electrons. The Hall–Kier alpha value is -3.67. The molecule has 1 aromatic carbocycles. The number of rotatable bonds is 4. The Balaban J connectivity index is 1.76. The van der Waals surface area contributed by atoms with Crippen molar-refractivity contribution in [3.8, 4) is 6.07 Å². The second-order valence-corrected chi connectivity index (χ2v) is 8.50. The van der Waals surface area contributed by atoms with Crippen molar-refractivity contribution in [2.45, 2.75) is 37.9 Å². The quantitative estimate of drug-likeness (QED) is 0.590. The summed E-state index contributed by atoms with van der Waals surface area (Å²) in [7, 11) is 0. The SMILES string of the molecule is CC(NC(=O)c1ccc2ncccc2c1)(c1ncc(C(F)(F)F)cc1N)C1CCCC1C#N. The van der Waals surface area contributed by atoms with Gasteiger partial charge in [-0.05, 0) is 50.1 Å². The summed E-state index contributed by atoms with van der Waals surface area (Å²) in [6, 6.07) is 11.7. The lowest BCUT2D eigenvalue weighted by atomic mass is 9.75. The summed E-state index contributed by atoms with van der Waals surface area (Å²) < 4.78 is 39.5. The number of hydrogen-bond donors (Lipinski definition) is 2. The lowest BCUT2D eigenvalue weighted by Gasteiger charge is -2.38. The van der Waals surface area contributed by atoms with E-state index in [1.165, 1.54) is 0 Å². The van der Waals surface area contributed by atoms with Crippen molar-refractivity contribution in [3.63, 3.8) is 0 Å². The average molecular weight is 453 g/mol. The number of nitrogens with one attached hydrogen (secondary N) is 1. The van der Waals surface area contributed by atoms with Gasteiger partial charge in [0.2, 0.25) is 0 Å². The first-order chi connectivity index (χ1) is 15.6. The van der Waals surface area contributed by atoms with Crippen LogP contribution < -0.4 is 11.1 Å². The van der Waals surface area contributed by atoms with Crippen LogP contribution in [0.25, 0.3) is 10.9 Å². The molecule has 3 N–H and O–H groups in total. The lowest BCUT2D eigenvalue weighted by molar-refractivity contribution is -0.137. The number of anilines is 1. The number of aromatic nitrogens is 2. The molecule has 9 heteroatoms. The van der Waals surface area contributed by atoms with E-state index < -0.39 is 23.2 Å². The largest absolute Gasteiger partial charge is 0.417 e. The van der Waals surface area contributed by atoms with Gasteiger partial charge < -0.3 is 11.1 Å². The molecule has 0 spiro atoms. The zero-order chi connectivity index (χ0) is 23.8. The number of halogens is 3. The Morgan fingerprint density at radius 2 is 2.00 bits per heavy atom. The van der Waals surface area contributed by atoms with E-state index in [2.05, 4.69) is 21.4 Å². The molecule has 1 aliphatic carbocycles.